The maximum Gasteiger partial charge on any atom is 0.310 e. The van der Waals surface area contributed by atoms with Crippen LogP contribution in [0.3, 0.4) is 0 Å². The van der Waals surface area contributed by atoms with E-state index in [0.717, 1.165) is 0 Å². The van der Waals surface area contributed by atoms with Crippen LogP contribution >= 0.6 is 0 Å². The lowest BCUT2D eigenvalue weighted by molar-refractivity contribution is -0.193. The second-order valence-electron chi connectivity index (χ2n) is 5.55. The summed E-state index contributed by atoms with van der Waals surface area (Å²) in [6.45, 7) is 13.6. The van der Waals surface area contributed by atoms with Gasteiger partial charge in [0.1, 0.15) is 6.61 Å². The Hall–Kier alpha value is -0.650. The minimum atomic E-state index is -0.644. The van der Waals surface area contributed by atoms with Gasteiger partial charge in [-0.2, -0.15) is 0 Å². The zero-order chi connectivity index (χ0) is 15.6. The number of carbonyl (C=O) groups excluding carboxylic acids is 1. The maximum atomic E-state index is 12.0. The average Bonchev–Trinajstić information content (AvgIpc) is 2.34. The van der Waals surface area contributed by atoms with Crippen molar-refractivity contribution in [2.45, 2.75) is 60.4 Å². The summed E-state index contributed by atoms with van der Waals surface area (Å²) >= 11 is 0. The highest BCUT2D eigenvalue weighted by atomic mass is 16.7. The average molecular weight is 290 g/mol. The molecule has 0 N–H and O–H groups in total. The topological polar surface area (TPSA) is 54.0 Å². The second kappa shape index (κ2) is 10.1. The molecule has 2 atom stereocenters. The molecule has 20 heavy (non-hydrogen) atoms. The predicted molar refractivity (Wildman–Crippen MR) is 77.5 cm³/mol. The van der Waals surface area contributed by atoms with E-state index in [1.54, 1.807) is 0 Å². The third-order valence-corrected chi connectivity index (χ3v) is 2.76. The molecule has 0 aromatic heterocycles. The van der Waals surface area contributed by atoms with Gasteiger partial charge in [0.05, 0.1) is 12.5 Å². The Morgan fingerprint density at radius 3 is 2.05 bits per heavy atom. The molecule has 0 aliphatic heterocycles. The van der Waals surface area contributed by atoms with E-state index in [-0.39, 0.29) is 30.5 Å². The number of hydrogen-bond donors (Lipinski definition) is 0. The smallest absolute Gasteiger partial charge is 0.310 e. The van der Waals surface area contributed by atoms with E-state index in [4.69, 9.17) is 18.9 Å². The molecule has 0 aliphatic rings. The highest BCUT2D eigenvalue weighted by Crippen LogP contribution is 2.25. The predicted octanol–water partition coefficient (Wildman–Crippen LogP) is 2.77. The summed E-state index contributed by atoms with van der Waals surface area (Å²) in [7, 11) is 0. The Kier molecular flexibility index (Phi) is 9.80. The van der Waals surface area contributed by atoms with Gasteiger partial charge in [0, 0.05) is 19.8 Å². The summed E-state index contributed by atoms with van der Waals surface area (Å²) in [6, 6.07) is 0. The summed E-state index contributed by atoms with van der Waals surface area (Å²) in [5.41, 5.74) is -0.115. The largest absolute Gasteiger partial charge is 0.433 e. The Bertz CT molecular complexity index is 259. The van der Waals surface area contributed by atoms with Gasteiger partial charge in [-0.05, 0) is 26.2 Å². The maximum absolute atomic E-state index is 12.0. The fourth-order valence-corrected chi connectivity index (χ4v) is 1.68. The first-order valence-corrected chi connectivity index (χ1v) is 7.35. The molecule has 0 spiro atoms. The van der Waals surface area contributed by atoms with Gasteiger partial charge in [0.25, 0.3) is 0 Å². The SMILES string of the molecule is CCOCC(OCC)OC(=O)CC(OCC)C(C)(C)C. The van der Waals surface area contributed by atoms with Crippen LogP contribution < -0.4 is 0 Å². The molecule has 0 fully saturated rings. The number of esters is 1. The standard InChI is InChI=1S/C15H30O5/c1-7-17-11-14(19-9-3)20-13(16)10-12(18-8-2)15(4,5)6/h12,14H,7-11H2,1-6H3. The van der Waals surface area contributed by atoms with Crippen LogP contribution in [0.1, 0.15) is 48.0 Å². The highest BCUT2D eigenvalue weighted by Gasteiger charge is 2.29. The molecule has 0 radical (unpaired) electrons. The van der Waals surface area contributed by atoms with Crippen molar-refractivity contribution in [2.24, 2.45) is 5.41 Å². The van der Waals surface area contributed by atoms with Crippen LogP contribution in [-0.2, 0) is 23.7 Å². The van der Waals surface area contributed by atoms with Crippen molar-refractivity contribution in [1.29, 1.82) is 0 Å². The molecule has 0 aliphatic carbocycles. The minimum absolute atomic E-state index is 0.115. The molecule has 0 amide bonds. The van der Waals surface area contributed by atoms with E-state index < -0.39 is 6.29 Å². The van der Waals surface area contributed by atoms with E-state index in [0.29, 0.717) is 19.8 Å². The first kappa shape index (κ1) is 19.4. The van der Waals surface area contributed by atoms with E-state index in [9.17, 15) is 4.79 Å². The number of rotatable bonds is 10. The molecule has 0 aromatic carbocycles. The van der Waals surface area contributed by atoms with Gasteiger partial charge in [0.2, 0.25) is 6.29 Å². The van der Waals surface area contributed by atoms with Gasteiger partial charge >= 0.3 is 5.97 Å². The van der Waals surface area contributed by atoms with Crippen LogP contribution in [-0.4, -0.2) is 44.8 Å². The van der Waals surface area contributed by atoms with Crippen molar-refractivity contribution >= 4 is 5.97 Å². The van der Waals surface area contributed by atoms with Crippen LogP contribution in [0.25, 0.3) is 0 Å². The molecule has 5 heteroatoms. The molecular formula is C15H30O5. The first-order chi connectivity index (χ1) is 9.35. The summed E-state index contributed by atoms with van der Waals surface area (Å²) in [6.07, 6.45) is -0.600. The van der Waals surface area contributed by atoms with E-state index >= 15 is 0 Å². The van der Waals surface area contributed by atoms with Gasteiger partial charge in [0.15, 0.2) is 0 Å². The van der Waals surface area contributed by atoms with Crippen molar-refractivity contribution in [1.82, 2.24) is 0 Å². The first-order valence-electron chi connectivity index (χ1n) is 7.35. The fraction of sp³-hybridized carbons (Fsp3) is 0.933. The lowest BCUT2D eigenvalue weighted by Gasteiger charge is -2.30. The van der Waals surface area contributed by atoms with Gasteiger partial charge in [-0.1, -0.05) is 20.8 Å². The molecule has 0 saturated heterocycles. The Balaban J connectivity index is 4.40. The van der Waals surface area contributed by atoms with Crippen LogP contribution in [0.15, 0.2) is 0 Å². The fourth-order valence-electron chi connectivity index (χ4n) is 1.68. The highest BCUT2D eigenvalue weighted by molar-refractivity contribution is 5.70. The van der Waals surface area contributed by atoms with Crippen molar-refractivity contribution in [3.63, 3.8) is 0 Å². The van der Waals surface area contributed by atoms with Crippen LogP contribution in [0.5, 0.6) is 0 Å². The minimum Gasteiger partial charge on any atom is -0.433 e. The van der Waals surface area contributed by atoms with Gasteiger partial charge in [-0.3, -0.25) is 4.79 Å². The van der Waals surface area contributed by atoms with Crippen molar-refractivity contribution < 1.29 is 23.7 Å². The molecule has 0 bridgehead atoms. The third-order valence-electron chi connectivity index (χ3n) is 2.76. The van der Waals surface area contributed by atoms with Crippen LogP contribution in [0.4, 0.5) is 0 Å². The van der Waals surface area contributed by atoms with Crippen molar-refractivity contribution in [3.8, 4) is 0 Å². The van der Waals surface area contributed by atoms with Crippen LogP contribution in [0, 0.1) is 5.41 Å². The van der Waals surface area contributed by atoms with E-state index in [1.165, 1.54) is 0 Å². The number of ether oxygens (including phenoxy) is 4. The van der Waals surface area contributed by atoms with Crippen LogP contribution in [0.2, 0.25) is 0 Å². The Morgan fingerprint density at radius 1 is 1.00 bits per heavy atom. The molecule has 0 saturated carbocycles. The number of hydrogen-bond acceptors (Lipinski definition) is 5. The summed E-state index contributed by atoms with van der Waals surface area (Å²) in [5, 5.41) is 0. The van der Waals surface area contributed by atoms with Gasteiger partial charge in [-0.25, -0.2) is 0 Å². The normalized spacial score (nSPS) is 14.9. The van der Waals surface area contributed by atoms with Crippen molar-refractivity contribution in [2.75, 3.05) is 26.4 Å². The lowest BCUT2D eigenvalue weighted by Crippen LogP contribution is -2.34. The van der Waals surface area contributed by atoms with Gasteiger partial charge in [-0.15, -0.1) is 0 Å². The molecular weight excluding hydrogens is 260 g/mol. The zero-order valence-corrected chi connectivity index (χ0v) is 13.7. The molecule has 0 heterocycles. The Labute approximate surface area is 122 Å². The van der Waals surface area contributed by atoms with Crippen molar-refractivity contribution in [3.05, 3.63) is 0 Å². The molecule has 0 rings (SSSR count). The van der Waals surface area contributed by atoms with E-state index in [2.05, 4.69) is 0 Å². The quantitative estimate of drug-likeness (QED) is 0.457. The monoisotopic (exact) mass is 290 g/mol. The summed E-state index contributed by atoms with van der Waals surface area (Å²) < 4.78 is 21.5. The van der Waals surface area contributed by atoms with Gasteiger partial charge < -0.3 is 18.9 Å². The number of carbonyl (C=O) groups is 1. The molecule has 2 unspecified atom stereocenters. The van der Waals surface area contributed by atoms with E-state index in [1.807, 2.05) is 41.5 Å². The molecule has 120 valence electrons. The molecule has 0 aromatic rings. The third kappa shape index (κ3) is 8.51. The summed E-state index contributed by atoms with van der Waals surface area (Å²) in [4.78, 5) is 12.0. The molecule has 5 nitrogen and oxygen atoms in total. The zero-order valence-electron chi connectivity index (χ0n) is 13.7. The second-order valence-corrected chi connectivity index (χ2v) is 5.55. The Morgan fingerprint density at radius 2 is 1.60 bits per heavy atom. The lowest BCUT2D eigenvalue weighted by atomic mass is 9.87. The summed E-state index contributed by atoms with van der Waals surface area (Å²) in [5.74, 6) is -0.323.